The fourth-order valence-corrected chi connectivity index (χ4v) is 1.78. The lowest BCUT2D eigenvalue weighted by Gasteiger charge is -2.15. The van der Waals surface area contributed by atoms with Gasteiger partial charge >= 0.3 is 0 Å². The lowest BCUT2D eigenvalue weighted by Crippen LogP contribution is -2.92. The highest BCUT2D eigenvalue weighted by Crippen LogP contribution is 2.19. The van der Waals surface area contributed by atoms with Crippen LogP contribution in [0.2, 0.25) is 5.02 Å². The van der Waals surface area contributed by atoms with E-state index >= 15 is 0 Å². The minimum Gasteiger partial charge on any atom is -0.365 e. The van der Waals surface area contributed by atoms with E-state index in [1.54, 1.807) is 6.92 Å². The molecule has 0 aliphatic rings. The number of primary amides is 1. The first-order valence-electron chi connectivity index (χ1n) is 4.91. The van der Waals surface area contributed by atoms with Crippen LogP contribution in [0.25, 0.3) is 0 Å². The van der Waals surface area contributed by atoms with Crippen molar-refractivity contribution in [3.8, 4) is 0 Å². The third kappa shape index (κ3) is 3.22. The first kappa shape index (κ1) is 12.0. The Hall–Kier alpha value is -1.06. The average Bonchev–Trinajstić information content (AvgIpc) is 2.18. The number of carbonyl (C=O) groups is 1. The van der Waals surface area contributed by atoms with Crippen molar-refractivity contribution in [2.45, 2.75) is 25.9 Å². The minimum atomic E-state index is -0.311. The molecule has 0 fully saturated rings. The molecule has 1 aromatic carbocycles. The molecule has 0 radical (unpaired) electrons. The summed E-state index contributed by atoms with van der Waals surface area (Å²) in [4.78, 5) is 10.9. The molecular weight excluding hydrogens is 212 g/mol. The second-order valence-corrected chi connectivity index (χ2v) is 4.10. The topological polar surface area (TPSA) is 59.7 Å². The Morgan fingerprint density at radius 3 is 2.53 bits per heavy atom. The van der Waals surface area contributed by atoms with Crippen molar-refractivity contribution in [3.05, 3.63) is 34.9 Å². The summed E-state index contributed by atoms with van der Waals surface area (Å²) in [6.45, 7) is 3.79. The summed E-state index contributed by atoms with van der Waals surface area (Å²) in [6, 6.07) is 7.50. The highest BCUT2D eigenvalue weighted by molar-refractivity contribution is 6.31. The third-order valence-electron chi connectivity index (χ3n) is 2.42. The molecule has 1 amide bonds. The number of carbonyl (C=O) groups excluding carboxylic acids is 1. The summed E-state index contributed by atoms with van der Waals surface area (Å²) < 4.78 is 0. The number of rotatable bonds is 4. The number of hydrogen-bond donors (Lipinski definition) is 2. The Bertz CT molecular complexity index is 354. The summed E-state index contributed by atoms with van der Waals surface area (Å²) >= 11 is 6.05. The molecule has 0 saturated carbocycles. The van der Waals surface area contributed by atoms with E-state index in [1.165, 1.54) is 0 Å². The molecule has 0 aromatic heterocycles. The SMILES string of the molecule is C[C@H]([NH2+][C@H](C)C(N)=O)c1ccccc1Cl. The monoisotopic (exact) mass is 227 g/mol. The van der Waals surface area contributed by atoms with Crippen molar-refractivity contribution < 1.29 is 10.1 Å². The summed E-state index contributed by atoms with van der Waals surface area (Å²) in [5.74, 6) is -0.311. The van der Waals surface area contributed by atoms with Gasteiger partial charge in [0.25, 0.3) is 5.91 Å². The summed E-state index contributed by atoms with van der Waals surface area (Å²) in [7, 11) is 0. The molecule has 0 spiro atoms. The lowest BCUT2D eigenvalue weighted by molar-refractivity contribution is -0.710. The van der Waals surface area contributed by atoms with Gasteiger partial charge < -0.3 is 11.1 Å². The summed E-state index contributed by atoms with van der Waals surface area (Å²) in [6.07, 6.45) is 0. The molecule has 0 heterocycles. The first-order valence-corrected chi connectivity index (χ1v) is 5.29. The molecule has 0 bridgehead atoms. The van der Waals surface area contributed by atoms with Crippen LogP contribution in [0.5, 0.6) is 0 Å². The van der Waals surface area contributed by atoms with Crippen molar-refractivity contribution in [2.24, 2.45) is 5.73 Å². The molecular formula is C11H16ClN2O+. The molecule has 4 N–H and O–H groups in total. The second-order valence-electron chi connectivity index (χ2n) is 3.69. The van der Waals surface area contributed by atoms with Gasteiger partial charge in [0.05, 0.1) is 0 Å². The largest absolute Gasteiger partial charge is 0.365 e. The number of amides is 1. The van der Waals surface area contributed by atoms with Gasteiger partial charge in [-0.15, -0.1) is 0 Å². The number of nitrogens with two attached hydrogens (primary N) is 2. The third-order valence-corrected chi connectivity index (χ3v) is 2.77. The van der Waals surface area contributed by atoms with Crippen LogP contribution in [0.4, 0.5) is 0 Å². The number of quaternary nitrogens is 1. The Labute approximate surface area is 94.6 Å². The van der Waals surface area contributed by atoms with Crippen LogP contribution in [0.15, 0.2) is 24.3 Å². The van der Waals surface area contributed by atoms with Crippen LogP contribution in [-0.4, -0.2) is 11.9 Å². The summed E-state index contributed by atoms with van der Waals surface area (Å²) in [5, 5.41) is 2.63. The van der Waals surface area contributed by atoms with Crippen molar-refractivity contribution >= 4 is 17.5 Å². The van der Waals surface area contributed by atoms with E-state index in [9.17, 15) is 4.79 Å². The van der Waals surface area contributed by atoms with E-state index in [-0.39, 0.29) is 18.0 Å². The van der Waals surface area contributed by atoms with E-state index in [0.717, 1.165) is 10.6 Å². The van der Waals surface area contributed by atoms with Crippen LogP contribution in [0.3, 0.4) is 0 Å². The zero-order valence-electron chi connectivity index (χ0n) is 8.91. The van der Waals surface area contributed by atoms with E-state index < -0.39 is 0 Å². The molecule has 2 atom stereocenters. The van der Waals surface area contributed by atoms with Crippen molar-refractivity contribution in [3.63, 3.8) is 0 Å². The van der Waals surface area contributed by atoms with Gasteiger partial charge in [-0.3, -0.25) is 4.79 Å². The smallest absolute Gasteiger partial charge is 0.275 e. The molecule has 1 aromatic rings. The van der Waals surface area contributed by atoms with Crippen LogP contribution in [0, 0.1) is 0 Å². The molecule has 3 nitrogen and oxygen atoms in total. The number of benzene rings is 1. The Kier molecular flexibility index (Phi) is 4.12. The summed E-state index contributed by atoms with van der Waals surface area (Å²) in [5.41, 5.74) is 6.22. The van der Waals surface area contributed by atoms with Crippen LogP contribution >= 0.6 is 11.6 Å². The van der Waals surface area contributed by atoms with E-state index in [4.69, 9.17) is 17.3 Å². The highest BCUT2D eigenvalue weighted by Gasteiger charge is 2.18. The van der Waals surface area contributed by atoms with Gasteiger partial charge in [0.15, 0.2) is 6.04 Å². The zero-order valence-corrected chi connectivity index (χ0v) is 9.66. The maximum atomic E-state index is 10.9. The fourth-order valence-electron chi connectivity index (χ4n) is 1.48. The maximum absolute atomic E-state index is 10.9. The molecule has 0 unspecified atom stereocenters. The maximum Gasteiger partial charge on any atom is 0.275 e. The van der Waals surface area contributed by atoms with E-state index in [2.05, 4.69) is 0 Å². The molecule has 15 heavy (non-hydrogen) atoms. The standard InChI is InChI=1S/C11H15ClN2O/c1-7(14-8(2)11(13)15)9-5-3-4-6-10(9)12/h3-8,14H,1-2H3,(H2,13,15)/p+1/t7-,8+/m0/s1. The molecule has 0 aliphatic carbocycles. The Morgan fingerprint density at radius 1 is 1.40 bits per heavy atom. The quantitative estimate of drug-likeness (QED) is 0.787. The average molecular weight is 228 g/mol. The number of halogens is 1. The minimum absolute atomic E-state index is 0.126. The Balaban J connectivity index is 2.73. The predicted octanol–water partition coefficient (Wildman–Crippen LogP) is 0.838. The van der Waals surface area contributed by atoms with Gasteiger partial charge in [-0.2, -0.15) is 0 Å². The molecule has 82 valence electrons. The lowest BCUT2D eigenvalue weighted by atomic mass is 10.1. The van der Waals surface area contributed by atoms with Gasteiger partial charge in [-0.05, 0) is 19.9 Å². The van der Waals surface area contributed by atoms with E-state index in [1.807, 2.05) is 36.5 Å². The molecule has 1 rings (SSSR count). The highest BCUT2D eigenvalue weighted by atomic mass is 35.5. The van der Waals surface area contributed by atoms with E-state index in [0.29, 0.717) is 0 Å². The second kappa shape index (κ2) is 5.14. The van der Waals surface area contributed by atoms with Gasteiger partial charge in [0, 0.05) is 10.6 Å². The van der Waals surface area contributed by atoms with Crippen molar-refractivity contribution in [1.29, 1.82) is 0 Å². The number of hydrogen-bond acceptors (Lipinski definition) is 1. The van der Waals surface area contributed by atoms with Crippen molar-refractivity contribution in [2.75, 3.05) is 0 Å². The fraction of sp³-hybridized carbons (Fsp3) is 0.364. The Morgan fingerprint density at radius 2 is 2.00 bits per heavy atom. The predicted molar refractivity (Wildman–Crippen MR) is 60.4 cm³/mol. The normalized spacial score (nSPS) is 14.6. The van der Waals surface area contributed by atoms with Crippen LogP contribution in [0.1, 0.15) is 25.5 Å². The molecule has 4 heteroatoms. The van der Waals surface area contributed by atoms with Gasteiger partial charge in [-0.1, -0.05) is 29.8 Å². The first-order chi connectivity index (χ1) is 7.02. The van der Waals surface area contributed by atoms with Crippen LogP contribution in [-0.2, 0) is 4.79 Å². The van der Waals surface area contributed by atoms with Gasteiger partial charge in [-0.25, -0.2) is 0 Å². The molecule has 0 aliphatic heterocycles. The zero-order chi connectivity index (χ0) is 11.4. The molecule has 0 saturated heterocycles. The van der Waals surface area contributed by atoms with Crippen molar-refractivity contribution in [1.82, 2.24) is 0 Å². The van der Waals surface area contributed by atoms with Gasteiger partial charge in [0.1, 0.15) is 6.04 Å². The van der Waals surface area contributed by atoms with Crippen LogP contribution < -0.4 is 11.1 Å². The van der Waals surface area contributed by atoms with Gasteiger partial charge in [0.2, 0.25) is 0 Å².